The van der Waals surface area contributed by atoms with E-state index in [0.717, 1.165) is 24.2 Å². The van der Waals surface area contributed by atoms with Crippen LogP contribution in [0.1, 0.15) is 29.0 Å². The minimum atomic E-state index is 0.0647. The summed E-state index contributed by atoms with van der Waals surface area (Å²) < 4.78 is 0. The smallest absolute Gasteiger partial charge is 0.238 e. The van der Waals surface area contributed by atoms with Gasteiger partial charge in [0.25, 0.3) is 0 Å². The van der Waals surface area contributed by atoms with Crippen molar-refractivity contribution >= 4 is 22.9 Å². The molecule has 0 saturated heterocycles. The lowest BCUT2D eigenvalue weighted by atomic mass is 10.0. The van der Waals surface area contributed by atoms with Gasteiger partial charge in [0.2, 0.25) is 5.91 Å². The number of amides is 1. The van der Waals surface area contributed by atoms with E-state index in [2.05, 4.69) is 28.6 Å². The van der Waals surface area contributed by atoms with Gasteiger partial charge in [-0.3, -0.25) is 9.69 Å². The van der Waals surface area contributed by atoms with E-state index in [1.54, 1.807) is 0 Å². The molecule has 2 aromatic rings. The molecule has 3 rings (SSSR count). The number of thiophene rings is 1. The number of fused-ring (bicyclic) bond motifs is 1. The van der Waals surface area contributed by atoms with Crippen LogP contribution in [0.2, 0.25) is 0 Å². The lowest BCUT2D eigenvalue weighted by molar-refractivity contribution is -0.117. The van der Waals surface area contributed by atoms with Crippen molar-refractivity contribution in [1.82, 2.24) is 4.90 Å². The Morgan fingerprint density at radius 3 is 3.00 bits per heavy atom. The molecule has 1 N–H and O–H groups in total. The molecule has 110 valence electrons. The monoisotopic (exact) mass is 300 g/mol. The van der Waals surface area contributed by atoms with Gasteiger partial charge in [0.15, 0.2) is 0 Å². The van der Waals surface area contributed by atoms with Crippen LogP contribution in [0.3, 0.4) is 0 Å². The zero-order chi connectivity index (χ0) is 14.8. The second-order valence-corrected chi connectivity index (χ2v) is 6.56. The average Bonchev–Trinajstić information content (AvgIpc) is 2.94. The van der Waals surface area contributed by atoms with Crippen molar-refractivity contribution in [1.29, 1.82) is 0 Å². The van der Waals surface area contributed by atoms with Crippen LogP contribution >= 0.6 is 11.3 Å². The number of anilines is 1. The van der Waals surface area contributed by atoms with Crippen molar-refractivity contribution in [3.05, 3.63) is 51.7 Å². The third kappa shape index (κ3) is 3.01. The molecule has 1 atom stereocenters. The van der Waals surface area contributed by atoms with Crippen molar-refractivity contribution in [2.24, 2.45) is 0 Å². The van der Waals surface area contributed by atoms with E-state index in [4.69, 9.17) is 0 Å². The first kappa shape index (κ1) is 14.3. The maximum absolute atomic E-state index is 12.3. The summed E-state index contributed by atoms with van der Waals surface area (Å²) in [6.45, 7) is 5.60. The number of aryl methyl sites for hydroxylation is 1. The highest BCUT2D eigenvalue weighted by atomic mass is 32.1. The Morgan fingerprint density at radius 2 is 2.19 bits per heavy atom. The summed E-state index contributed by atoms with van der Waals surface area (Å²) in [7, 11) is 0. The predicted molar refractivity (Wildman–Crippen MR) is 87.8 cm³/mol. The Bertz CT molecular complexity index is 650. The number of benzene rings is 1. The SMILES string of the molecule is Cc1ccccc1NC(=O)CN1CCc2sccc2[C@H]1C. The largest absolute Gasteiger partial charge is 0.325 e. The number of para-hydroxylation sites is 1. The van der Waals surface area contributed by atoms with E-state index in [1.165, 1.54) is 10.4 Å². The Morgan fingerprint density at radius 1 is 1.38 bits per heavy atom. The van der Waals surface area contributed by atoms with Gasteiger partial charge in [0.05, 0.1) is 6.54 Å². The number of hydrogen-bond donors (Lipinski definition) is 1. The highest BCUT2D eigenvalue weighted by molar-refractivity contribution is 7.10. The number of carbonyl (C=O) groups is 1. The van der Waals surface area contributed by atoms with Crippen molar-refractivity contribution in [3.63, 3.8) is 0 Å². The molecule has 2 heterocycles. The predicted octanol–water partition coefficient (Wildman–Crippen LogP) is 3.61. The first-order chi connectivity index (χ1) is 10.1. The molecule has 1 amide bonds. The van der Waals surface area contributed by atoms with Crippen LogP contribution in [-0.2, 0) is 11.2 Å². The van der Waals surface area contributed by atoms with E-state index in [1.807, 2.05) is 42.5 Å². The summed E-state index contributed by atoms with van der Waals surface area (Å²) in [6, 6.07) is 10.4. The molecular weight excluding hydrogens is 280 g/mol. The number of nitrogens with one attached hydrogen (secondary N) is 1. The third-order valence-corrected chi connectivity index (χ3v) is 5.17. The number of nitrogens with zero attached hydrogens (tertiary/aromatic N) is 1. The molecule has 0 unspecified atom stereocenters. The molecule has 4 heteroatoms. The fourth-order valence-corrected chi connectivity index (χ4v) is 3.83. The topological polar surface area (TPSA) is 32.3 Å². The number of hydrogen-bond acceptors (Lipinski definition) is 3. The minimum absolute atomic E-state index is 0.0647. The molecule has 0 radical (unpaired) electrons. The normalized spacial score (nSPS) is 18.3. The van der Waals surface area contributed by atoms with Gasteiger partial charge in [0, 0.05) is 23.2 Å². The van der Waals surface area contributed by atoms with Crippen LogP contribution in [0, 0.1) is 6.92 Å². The lowest BCUT2D eigenvalue weighted by Crippen LogP contribution is -2.39. The van der Waals surface area contributed by atoms with Gasteiger partial charge in [-0.2, -0.15) is 0 Å². The Labute approximate surface area is 129 Å². The summed E-state index contributed by atoms with van der Waals surface area (Å²) >= 11 is 1.83. The van der Waals surface area contributed by atoms with Gasteiger partial charge in [-0.05, 0) is 48.9 Å². The molecule has 0 saturated carbocycles. The standard InChI is InChI=1S/C17H20N2OS/c1-12-5-3-4-6-15(12)18-17(20)11-19-9-7-16-14(13(19)2)8-10-21-16/h3-6,8,10,13H,7,9,11H2,1-2H3,(H,18,20)/t13-/m1/s1. The number of rotatable bonds is 3. The van der Waals surface area contributed by atoms with Gasteiger partial charge < -0.3 is 5.32 Å². The maximum Gasteiger partial charge on any atom is 0.238 e. The summed E-state index contributed by atoms with van der Waals surface area (Å²) in [5, 5.41) is 5.17. The Hall–Kier alpha value is -1.65. The fourth-order valence-electron chi connectivity index (χ4n) is 2.86. The van der Waals surface area contributed by atoms with Crippen molar-refractivity contribution in [2.75, 3.05) is 18.4 Å². The van der Waals surface area contributed by atoms with Crippen molar-refractivity contribution < 1.29 is 4.79 Å². The van der Waals surface area contributed by atoms with Gasteiger partial charge in [-0.1, -0.05) is 18.2 Å². The Balaban J connectivity index is 1.65. The summed E-state index contributed by atoms with van der Waals surface area (Å²) in [5.74, 6) is 0.0647. The van der Waals surface area contributed by atoms with Gasteiger partial charge in [0.1, 0.15) is 0 Å². The van der Waals surface area contributed by atoms with Gasteiger partial charge >= 0.3 is 0 Å². The molecular formula is C17H20N2OS. The van der Waals surface area contributed by atoms with E-state index in [-0.39, 0.29) is 5.91 Å². The van der Waals surface area contributed by atoms with Crippen LogP contribution in [-0.4, -0.2) is 23.9 Å². The second kappa shape index (κ2) is 6.00. The zero-order valence-electron chi connectivity index (χ0n) is 12.4. The molecule has 1 aromatic carbocycles. The molecule has 0 aliphatic carbocycles. The van der Waals surface area contributed by atoms with E-state index < -0.39 is 0 Å². The Kier molecular flexibility index (Phi) is 4.08. The molecule has 0 fully saturated rings. The first-order valence-corrected chi connectivity index (χ1v) is 8.19. The fraction of sp³-hybridized carbons (Fsp3) is 0.353. The quantitative estimate of drug-likeness (QED) is 0.939. The van der Waals surface area contributed by atoms with Crippen LogP contribution in [0.25, 0.3) is 0 Å². The first-order valence-electron chi connectivity index (χ1n) is 7.31. The van der Waals surface area contributed by atoms with E-state index in [9.17, 15) is 4.79 Å². The van der Waals surface area contributed by atoms with E-state index in [0.29, 0.717) is 12.6 Å². The zero-order valence-corrected chi connectivity index (χ0v) is 13.2. The summed E-state index contributed by atoms with van der Waals surface area (Å²) in [6.07, 6.45) is 1.05. The minimum Gasteiger partial charge on any atom is -0.325 e. The molecule has 1 aliphatic rings. The summed E-state index contributed by atoms with van der Waals surface area (Å²) in [5.41, 5.74) is 3.39. The maximum atomic E-state index is 12.3. The van der Waals surface area contributed by atoms with Gasteiger partial charge in [-0.15, -0.1) is 11.3 Å². The summed E-state index contributed by atoms with van der Waals surface area (Å²) in [4.78, 5) is 16.0. The van der Waals surface area contributed by atoms with Crippen LogP contribution in [0.5, 0.6) is 0 Å². The average molecular weight is 300 g/mol. The number of carbonyl (C=O) groups excluding carboxylic acids is 1. The van der Waals surface area contributed by atoms with Crippen molar-refractivity contribution in [2.45, 2.75) is 26.3 Å². The molecule has 3 nitrogen and oxygen atoms in total. The van der Waals surface area contributed by atoms with E-state index >= 15 is 0 Å². The van der Waals surface area contributed by atoms with Crippen LogP contribution < -0.4 is 5.32 Å². The van der Waals surface area contributed by atoms with Gasteiger partial charge in [-0.25, -0.2) is 0 Å². The van der Waals surface area contributed by atoms with Crippen LogP contribution in [0.15, 0.2) is 35.7 Å². The third-order valence-electron chi connectivity index (χ3n) is 4.17. The lowest BCUT2D eigenvalue weighted by Gasteiger charge is -2.32. The second-order valence-electron chi connectivity index (χ2n) is 5.56. The molecule has 21 heavy (non-hydrogen) atoms. The molecule has 1 aromatic heterocycles. The highest BCUT2D eigenvalue weighted by Gasteiger charge is 2.26. The van der Waals surface area contributed by atoms with Crippen molar-refractivity contribution in [3.8, 4) is 0 Å². The van der Waals surface area contributed by atoms with Crippen LogP contribution in [0.4, 0.5) is 5.69 Å². The molecule has 0 bridgehead atoms. The highest BCUT2D eigenvalue weighted by Crippen LogP contribution is 2.32. The molecule has 1 aliphatic heterocycles. The molecule has 0 spiro atoms.